The number of hydrogen-bond donors (Lipinski definition) is 2. The summed E-state index contributed by atoms with van der Waals surface area (Å²) in [5.74, 6) is 1.32. The monoisotopic (exact) mass is 376 g/mol. The molecule has 0 amide bonds. The van der Waals surface area contributed by atoms with Crippen LogP contribution in [0.1, 0.15) is 30.1 Å². The van der Waals surface area contributed by atoms with Crippen molar-refractivity contribution in [3.8, 4) is 11.1 Å². The number of pyridine rings is 1. The Balaban J connectivity index is 1.59. The zero-order valence-electron chi connectivity index (χ0n) is 15.6. The van der Waals surface area contributed by atoms with E-state index in [4.69, 9.17) is 4.42 Å². The molecule has 1 aromatic carbocycles. The van der Waals surface area contributed by atoms with Gasteiger partial charge in [0.2, 0.25) is 5.89 Å². The minimum absolute atomic E-state index is 0.231. The summed E-state index contributed by atoms with van der Waals surface area (Å²) in [5.41, 5.74) is 3.30. The first kappa shape index (κ1) is 17.1. The standard InChI is InChI=1S/C22H21FN4O/c1-14-12-27-21(28-14)22(7-10-24-11-8-22)16-4-2-15(3-5-16)17-6-9-25-20-19(17)18(23)13-26-20/h2-6,9,12-13,24H,7-8,10-11H2,1H3,(H,25,26). The van der Waals surface area contributed by atoms with E-state index in [0.717, 1.165) is 48.7 Å². The van der Waals surface area contributed by atoms with E-state index in [0.29, 0.717) is 11.0 Å². The fourth-order valence-corrected chi connectivity index (χ4v) is 4.28. The van der Waals surface area contributed by atoms with Gasteiger partial charge in [-0.15, -0.1) is 0 Å². The van der Waals surface area contributed by atoms with Gasteiger partial charge in [-0.25, -0.2) is 14.4 Å². The lowest BCUT2D eigenvalue weighted by molar-refractivity contribution is 0.287. The van der Waals surface area contributed by atoms with Gasteiger partial charge < -0.3 is 14.7 Å². The number of aromatic amines is 1. The molecule has 28 heavy (non-hydrogen) atoms. The molecule has 0 bridgehead atoms. The fraction of sp³-hybridized carbons (Fsp3) is 0.273. The normalized spacial score (nSPS) is 16.5. The molecule has 0 unspecified atom stereocenters. The summed E-state index contributed by atoms with van der Waals surface area (Å²) < 4.78 is 20.2. The summed E-state index contributed by atoms with van der Waals surface area (Å²) in [6.07, 6.45) is 6.70. The second kappa shape index (κ2) is 6.56. The predicted molar refractivity (Wildman–Crippen MR) is 106 cm³/mol. The number of rotatable bonds is 3. The maximum Gasteiger partial charge on any atom is 0.205 e. The minimum atomic E-state index is -0.285. The number of aromatic nitrogens is 3. The van der Waals surface area contributed by atoms with Gasteiger partial charge in [0, 0.05) is 12.4 Å². The van der Waals surface area contributed by atoms with Crippen molar-refractivity contribution >= 4 is 11.0 Å². The predicted octanol–water partition coefficient (Wildman–Crippen LogP) is 4.33. The van der Waals surface area contributed by atoms with E-state index in [2.05, 4.69) is 44.5 Å². The van der Waals surface area contributed by atoms with E-state index in [9.17, 15) is 4.39 Å². The van der Waals surface area contributed by atoms with E-state index >= 15 is 0 Å². The largest absolute Gasteiger partial charge is 0.445 e. The van der Waals surface area contributed by atoms with Crippen LogP contribution in [-0.4, -0.2) is 28.0 Å². The summed E-state index contributed by atoms with van der Waals surface area (Å²) in [6.45, 7) is 3.76. The van der Waals surface area contributed by atoms with Crippen molar-refractivity contribution in [3.63, 3.8) is 0 Å². The number of nitrogens with one attached hydrogen (secondary N) is 2. The van der Waals surface area contributed by atoms with Crippen molar-refractivity contribution in [2.24, 2.45) is 0 Å². The molecule has 5 nitrogen and oxygen atoms in total. The molecule has 4 aromatic rings. The second-order valence-electron chi connectivity index (χ2n) is 7.40. The van der Waals surface area contributed by atoms with Crippen LogP contribution in [0, 0.1) is 12.7 Å². The summed E-state index contributed by atoms with van der Waals surface area (Å²) in [7, 11) is 0. The van der Waals surface area contributed by atoms with Gasteiger partial charge in [-0.05, 0) is 55.6 Å². The molecule has 0 radical (unpaired) electrons. The number of fused-ring (bicyclic) bond motifs is 1. The third kappa shape index (κ3) is 2.64. The van der Waals surface area contributed by atoms with Crippen LogP contribution >= 0.6 is 0 Å². The molecule has 0 spiro atoms. The molecular formula is C22H21FN4O. The highest BCUT2D eigenvalue weighted by Gasteiger charge is 2.40. The summed E-state index contributed by atoms with van der Waals surface area (Å²) >= 11 is 0. The molecule has 1 aliphatic rings. The Morgan fingerprint density at radius 1 is 1.07 bits per heavy atom. The maximum atomic E-state index is 14.2. The van der Waals surface area contributed by atoms with E-state index in [1.165, 1.54) is 11.8 Å². The van der Waals surface area contributed by atoms with Crippen molar-refractivity contribution in [3.05, 3.63) is 72.0 Å². The Kier molecular flexibility index (Phi) is 4.02. The molecule has 142 valence electrons. The Hall–Kier alpha value is -2.99. The Morgan fingerprint density at radius 2 is 1.86 bits per heavy atom. The number of nitrogens with zero attached hydrogens (tertiary/aromatic N) is 2. The molecule has 1 fully saturated rings. The van der Waals surface area contributed by atoms with Gasteiger partial charge in [0.1, 0.15) is 11.4 Å². The maximum absolute atomic E-state index is 14.2. The lowest BCUT2D eigenvalue weighted by Crippen LogP contribution is -2.41. The molecule has 0 aliphatic carbocycles. The first-order chi connectivity index (χ1) is 13.7. The van der Waals surface area contributed by atoms with Crippen LogP contribution in [0.25, 0.3) is 22.2 Å². The lowest BCUT2D eigenvalue weighted by atomic mass is 9.72. The zero-order chi connectivity index (χ0) is 19.1. The molecule has 3 aromatic heterocycles. The van der Waals surface area contributed by atoms with Crippen LogP contribution < -0.4 is 5.32 Å². The zero-order valence-corrected chi connectivity index (χ0v) is 15.6. The third-order valence-corrected chi connectivity index (χ3v) is 5.76. The van der Waals surface area contributed by atoms with Crippen LogP contribution in [0.15, 0.2) is 53.3 Å². The van der Waals surface area contributed by atoms with Gasteiger partial charge in [0.15, 0.2) is 5.82 Å². The first-order valence-electron chi connectivity index (χ1n) is 9.53. The summed E-state index contributed by atoms with van der Waals surface area (Å²) in [6, 6.07) is 10.2. The SMILES string of the molecule is Cc1cnc(C2(c3ccc(-c4ccnc5[nH]cc(F)c45)cc3)CCNCC2)o1. The molecule has 1 saturated heterocycles. The van der Waals surface area contributed by atoms with Crippen LogP contribution in [0.5, 0.6) is 0 Å². The Bertz CT molecular complexity index is 1120. The minimum Gasteiger partial charge on any atom is -0.445 e. The summed E-state index contributed by atoms with van der Waals surface area (Å²) in [5, 5.41) is 3.95. The van der Waals surface area contributed by atoms with Gasteiger partial charge in [0.25, 0.3) is 0 Å². The van der Waals surface area contributed by atoms with Gasteiger partial charge >= 0.3 is 0 Å². The van der Waals surface area contributed by atoms with E-state index in [1.807, 2.05) is 13.0 Å². The van der Waals surface area contributed by atoms with Crippen LogP contribution in [-0.2, 0) is 5.41 Å². The summed E-state index contributed by atoms with van der Waals surface area (Å²) in [4.78, 5) is 11.6. The molecule has 2 N–H and O–H groups in total. The van der Waals surface area contributed by atoms with E-state index in [-0.39, 0.29) is 11.2 Å². The van der Waals surface area contributed by atoms with Crippen LogP contribution in [0.3, 0.4) is 0 Å². The average Bonchev–Trinajstić information content (AvgIpc) is 3.35. The molecule has 0 atom stereocenters. The van der Waals surface area contributed by atoms with Crippen molar-refractivity contribution in [1.29, 1.82) is 0 Å². The second-order valence-corrected chi connectivity index (χ2v) is 7.40. The highest BCUT2D eigenvalue weighted by Crippen LogP contribution is 2.41. The quantitative estimate of drug-likeness (QED) is 0.558. The van der Waals surface area contributed by atoms with Crippen molar-refractivity contribution in [2.75, 3.05) is 13.1 Å². The Labute approximate surface area is 162 Å². The number of benzene rings is 1. The first-order valence-corrected chi connectivity index (χ1v) is 9.53. The molecular weight excluding hydrogens is 355 g/mol. The molecule has 6 heteroatoms. The van der Waals surface area contributed by atoms with Crippen LogP contribution in [0.4, 0.5) is 4.39 Å². The lowest BCUT2D eigenvalue weighted by Gasteiger charge is -2.35. The highest BCUT2D eigenvalue weighted by atomic mass is 19.1. The van der Waals surface area contributed by atoms with Gasteiger partial charge in [0.05, 0.1) is 17.0 Å². The third-order valence-electron chi connectivity index (χ3n) is 5.76. The van der Waals surface area contributed by atoms with Crippen LogP contribution in [0.2, 0.25) is 0 Å². The Morgan fingerprint density at radius 3 is 2.57 bits per heavy atom. The van der Waals surface area contributed by atoms with E-state index < -0.39 is 0 Å². The molecule has 4 heterocycles. The van der Waals surface area contributed by atoms with Crippen molar-refractivity contribution < 1.29 is 8.81 Å². The highest BCUT2D eigenvalue weighted by molar-refractivity contribution is 5.93. The number of hydrogen-bond acceptors (Lipinski definition) is 4. The number of piperidine rings is 1. The smallest absolute Gasteiger partial charge is 0.205 e. The number of aryl methyl sites for hydroxylation is 1. The molecule has 0 saturated carbocycles. The van der Waals surface area contributed by atoms with Crippen molar-refractivity contribution in [2.45, 2.75) is 25.2 Å². The average molecular weight is 376 g/mol. The van der Waals surface area contributed by atoms with Crippen molar-refractivity contribution in [1.82, 2.24) is 20.3 Å². The fourth-order valence-electron chi connectivity index (χ4n) is 4.28. The van der Waals surface area contributed by atoms with Gasteiger partial charge in [-0.1, -0.05) is 24.3 Å². The van der Waals surface area contributed by atoms with Gasteiger partial charge in [-0.3, -0.25) is 0 Å². The van der Waals surface area contributed by atoms with E-state index in [1.54, 1.807) is 12.4 Å². The number of H-pyrrole nitrogens is 1. The number of halogens is 1. The molecule has 1 aliphatic heterocycles. The molecule has 5 rings (SSSR count). The topological polar surface area (TPSA) is 66.7 Å². The number of oxazole rings is 1. The van der Waals surface area contributed by atoms with Gasteiger partial charge in [-0.2, -0.15) is 0 Å².